The smallest absolute Gasteiger partial charge is 0.0975 e. The molecule has 2 atom stereocenters. The minimum absolute atomic E-state index is 0.0118. The van der Waals surface area contributed by atoms with Crippen LogP contribution < -0.4 is 0 Å². The first-order chi connectivity index (χ1) is 4.42. The van der Waals surface area contributed by atoms with Gasteiger partial charge in [-0.05, 0) is 12.8 Å². The third kappa shape index (κ3) is 2.03. The molecule has 2 nitrogen and oxygen atoms in total. The Morgan fingerprint density at radius 1 is 1.50 bits per heavy atom. The molecule has 4 heteroatoms. The molecule has 10 heavy (non-hydrogen) atoms. The van der Waals surface area contributed by atoms with Crippen molar-refractivity contribution in [3.63, 3.8) is 0 Å². The molecule has 0 bridgehead atoms. The summed E-state index contributed by atoms with van der Waals surface area (Å²) in [4.78, 5) is 0. The van der Waals surface area contributed by atoms with Crippen LogP contribution in [0.25, 0.3) is 0 Å². The van der Waals surface area contributed by atoms with Gasteiger partial charge in [0, 0.05) is 13.7 Å². The highest BCUT2D eigenvalue weighted by atomic mass is 16.3. The molecular weight excluding hydrogens is 126 g/mol. The molecule has 0 rings (SSSR count). The van der Waals surface area contributed by atoms with Crippen molar-refractivity contribution in [2.24, 2.45) is 5.92 Å². The van der Waals surface area contributed by atoms with Gasteiger partial charge in [-0.25, -0.2) is 0 Å². The van der Waals surface area contributed by atoms with E-state index in [1.807, 2.05) is 13.8 Å². The standard InChI is InChI=1S/C6H13B2O2/c1-4(2)6(3,10)5(9)8-7/h4-5,9-10H,1-3H3. The van der Waals surface area contributed by atoms with Gasteiger partial charge in [0.25, 0.3) is 0 Å². The number of rotatable bonds is 3. The maximum atomic E-state index is 9.50. The highest BCUT2D eigenvalue weighted by molar-refractivity contribution is 6.90. The largest absolute Gasteiger partial charge is 0.400 e. The predicted octanol–water partition coefficient (Wildman–Crippen LogP) is -0.501. The van der Waals surface area contributed by atoms with Crippen LogP contribution in [0.1, 0.15) is 20.8 Å². The quantitative estimate of drug-likeness (QED) is 0.517. The van der Waals surface area contributed by atoms with Crippen molar-refractivity contribution >= 4 is 14.9 Å². The Hall–Kier alpha value is 0.0499. The average Bonchev–Trinajstić information content (AvgIpc) is 1.86. The second kappa shape index (κ2) is 3.44. The van der Waals surface area contributed by atoms with E-state index in [4.69, 9.17) is 12.8 Å². The first-order valence-electron chi connectivity index (χ1n) is 3.38. The fraction of sp³-hybridized carbons (Fsp3) is 1.00. The van der Waals surface area contributed by atoms with Crippen LogP contribution in [0, 0.1) is 5.92 Å². The molecule has 0 fully saturated rings. The second-order valence-electron chi connectivity index (χ2n) is 3.02. The van der Waals surface area contributed by atoms with E-state index in [-0.39, 0.29) is 5.92 Å². The van der Waals surface area contributed by atoms with Crippen LogP contribution >= 0.6 is 0 Å². The zero-order valence-electron chi connectivity index (χ0n) is 6.70. The Labute approximate surface area is 64.3 Å². The molecule has 0 saturated heterocycles. The van der Waals surface area contributed by atoms with Crippen LogP contribution in [0.5, 0.6) is 0 Å². The Balaban J connectivity index is 4.09. The average molecular weight is 139 g/mol. The Morgan fingerprint density at radius 2 is 1.90 bits per heavy atom. The maximum absolute atomic E-state index is 9.50. The Morgan fingerprint density at radius 3 is 2.00 bits per heavy atom. The lowest BCUT2D eigenvalue weighted by molar-refractivity contribution is -0.0563. The van der Waals surface area contributed by atoms with Gasteiger partial charge in [-0.1, -0.05) is 13.8 Å². The number of aliphatic hydroxyl groups is 2. The van der Waals surface area contributed by atoms with Crippen molar-refractivity contribution in [2.75, 3.05) is 0 Å². The van der Waals surface area contributed by atoms with E-state index in [0.717, 1.165) is 7.17 Å². The van der Waals surface area contributed by atoms with Gasteiger partial charge in [-0.3, -0.25) is 0 Å². The molecular formula is C6H13B2O2. The predicted molar refractivity (Wildman–Crippen MR) is 43.0 cm³/mol. The summed E-state index contributed by atoms with van der Waals surface area (Å²) in [5.41, 5.74) is -1.12. The fourth-order valence-electron chi connectivity index (χ4n) is 0.536. The normalized spacial score (nSPS) is 20.2. The van der Waals surface area contributed by atoms with Crippen LogP contribution in [-0.2, 0) is 0 Å². The highest BCUT2D eigenvalue weighted by Gasteiger charge is 2.31. The summed E-state index contributed by atoms with van der Waals surface area (Å²) in [5, 5.41) is 18.6. The molecule has 2 unspecified atom stereocenters. The topological polar surface area (TPSA) is 40.5 Å². The van der Waals surface area contributed by atoms with E-state index < -0.39 is 11.6 Å². The molecule has 3 radical (unpaired) electrons. The van der Waals surface area contributed by atoms with E-state index in [9.17, 15) is 5.11 Å². The van der Waals surface area contributed by atoms with Crippen molar-refractivity contribution in [3.8, 4) is 0 Å². The summed E-state index contributed by atoms with van der Waals surface area (Å²) in [6.07, 6.45) is 0. The molecule has 2 N–H and O–H groups in total. The van der Waals surface area contributed by atoms with Gasteiger partial charge in [0.05, 0.1) is 12.8 Å². The zero-order chi connectivity index (χ0) is 8.36. The molecule has 0 aromatic rings. The van der Waals surface area contributed by atoms with Crippen molar-refractivity contribution in [3.05, 3.63) is 0 Å². The van der Waals surface area contributed by atoms with Crippen molar-refractivity contribution in [1.29, 1.82) is 0 Å². The summed E-state index contributed by atoms with van der Waals surface area (Å²) >= 11 is 0. The first kappa shape index (κ1) is 10.0. The molecule has 0 saturated carbocycles. The third-order valence-electron chi connectivity index (χ3n) is 1.95. The number of hydrogen-bond donors (Lipinski definition) is 2. The van der Waals surface area contributed by atoms with Crippen molar-refractivity contribution in [1.82, 2.24) is 0 Å². The molecule has 0 aromatic carbocycles. The van der Waals surface area contributed by atoms with E-state index in [2.05, 4.69) is 0 Å². The van der Waals surface area contributed by atoms with E-state index in [1.165, 1.54) is 0 Å². The molecule has 55 valence electrons. The highest BCUT2D eigenvalue weighted by Crippen LogP contribution is 2.19. The molecule has 0 aliphatic rings. The van der Waals surface area contributed by atoms with Gasteiger partial charge in [-0.2, -0.15) is 0 Å². The van der Waals surface area contributed by atoms with Gasteiger partial charge in [-0.15, -0.1) is 0 Å². The van der Waals surface area contributed by atoms with Crippen LogP contribution in [0.2, 0.25) is 0 Å². The van der Waals surface area contributed by atoms with Gasteiger partial charge in [0.1, 0.15) is 0 Å². The van der Waals surface area contributed by atoms with Gasteiger partial charge in [0.15, 0.2) is 0 Å². The molecule has 0 aliphatic heterocycles. The van der Waals surface area contributed by atoms with Crippen LogP contribution in [-0.4, -0.2) is 36.7 Å². The third-order valence-corrected chi connectivity index (χ3v) is 1.95. The van der Waals surface area contributed by atoms with E-state index in [0.29, 0.717) is 0 Å². The SMILES string of the molecule is [B][B]C(O)C(C)(O)C(C)C. The minimum Gasteiger partial charge on any atom is -0.400 e. The van der Waals surface area contributed by atoms with Gasteiger partial charge < -0.3 is 10.2 Å². The lowest BCUT2D eigenvalue weighted by Gasteiger charge is -2.32. The summed E-state index contributed by atoms with van der Waals surface area (Å²) in [6.45, 7) is 5.21. The summed E-state index contributed by atoms with van der Waals surface area (Å²) in [6, 6.07) is -0.951. The molecule has 0 aliphatic carbocycles. The second-order valence-corrected chi connectivity index (χ2v) is 3.02. The summed E-state index contributed by atoms with van der Waals surface area (Å²) < 4.78 is 0. The Bertz CT molecular complexity index is 104. The van der Waals surface area contributed by atoms with Gasteiger partial charge >= 0.3 is 0 Å². The number of hydrogen-bond acceptors (Lipinski definition) is 2. The van der Waals surface area contributed by atoms with Crippen LogP contribution in [0.4, 0.5) is 0 Å². The fourth-order valence-corrected chi connectivity index (χ4v) is 0.536. The van der Waals surface area contributed by atoms with Gasteiger partial charge in [0.2, 0.25) is 0 Å². The Kier molecular flexibility index (Phi) is 3.46. The lowest BCUT2D eigenvalue weighted by Crippen LogP contribution is -2.47. The monoisotopic (exact) mass is 139 g/mol. The van der Waals surface area contributed by atoms with Crippen molar-refractivity contribution < 1.29 is 10.2 Å². The molecule has 0 spiro atoms. The van der Waals surface area contributed by atoms with E-state index >= 15 is 0 Å². The van der Waals surface area contributed by atoms with Crippen LogP contribution in [0.3, 0.4) is 0 Å². The molecule has 0 heterocycles. The van der Waals surface area contributed by atoms with Crippen LogP contribution in [0.15, 0.2) is 0 Å². The van der Waals surface area contributed by atoms with Crippen molar-refractivity contribution in [2.45, 2.75) is 32.4 Å². The zero-order valence-corrected chi connectivity index (χ0v) is 6.70. The lowest BCUT2D eigenvalue weighted by atomic mass is 9.47. The molecule has 0 amide bonds. The summed E-state index contributed by atoms with van der Waals surface area (Å²) in [7, 11) is 6.16. The minimum atomic E-state index is -1.12. The number of aliphatic hydroxyl groups excluding tert-OH is 1. The first-order valence-corrected chi connectivity index (χ1v) is 3.38. The summed E-state index contributed by atoms with van der Waals surface area (Å²) in [5.74, 6) is -0.0118. The maximum Gasteiger partial charge on any atom is 0.0975 e. The molecule has 0 aromatic heterocycles. The van der Waals surface area contributed by atoms with E-state index in [1.54, 1.807) is 6.92 Å².